The Hall–Kier alpha value is -6.54. The first kappa shape index (κ1) is 37.8. The van der Waals surface area contributed by atoms with Crippen LogP contribution >= 0.6 is 6.89 Å². The highest BCUT2D eigenvalue weighted by atomic mass is 31.2. The van der Waals surface area contributed by atoms with E-state index < -0.39 is 55.1 Å². The number of esters is 1. The SMILES string of the molecule is C[C@H](O[C@@H]1[C@@H](NC(=O)c2ccccc2)C(=O)N1C(C(=O)OC(c1ccccc1)c1ccccc1)=P(c1ccccc1)(c1ccccc1)c1ccccc1)C(=O)O. The third-order valence-electron chi connectivity index (χ3n) is 9.65. The van der Waals surface area contributed by atoms with Crippen LogP contribution in [0.4, 0.5) is 0 Å². The summed E-state index contributed by atoms with van der Waals surface area (Å²) in [4.78, 5) is 57.6. The van der Waals surface area contributed by atoms with Gasteiger partial charge in [0.15, 0.2) is 24.5 Å². The molecule has 2 amide bonds. The van der Waals surface area contributed by atoms with Crippen molar-refractivity contribution < 1.29 is 33.8 Å². The average molecular weight is 763 g/mol. The number of rotatable bonds is 13. The number of nitrogens with zero attached hydrogens (tertiary/aromatic N) is 1. The normalized spacial score (nSPS) is 15.7. The Morgan fingerprint density at radius 1 is 0.625 bits per heavy atom. The number of aliphatic carboxylic acids is 1. The molecule has 1 saturated heterocycles. The molecular formula is C46H39N2O7P. The molecular weight excluding hydrogens is 723 g/mol. The number of likely N-dealkylation sites (tertiary alicyclic amines) is 1. The lowest BCUT2D eigenvalue weighted by Gasteiger charge is -2.49. The second kappa shape index (κ2) is 16.9. The maximum Gasteiger partial charge on any atom is 0.357 e. The molecule has 0 bridgehead atoms. The Morgan fingerprint density at radius 3 is 1.43 bits per heavy atom. The molecule has 9 nitrogen and oxygen atoms in total. The highest BCUT2D eigenvalue weighted by Gasteiger charge is 2.56. The minimum atomic E-state index is -3.43. The molecule has 0 unspecified atom stereocenters. The fraction of sp³-hybridized carbons (Fsp3) is 0.109. The van der Waals surface area contributed by atoms with Gasteiger partial charge in [-0.05, 0) is 46.1 Å². The molecule has 7 rings (SSSR count). The van der Waals surface area contributed by atoms with Gasteiger partial charge in [0, 0.05) is 12.4 Å². The Labute approximate surface area is 325 Å². The van der Waals surface area contributed by atoms with E-state index in [0.29, 0.717) is 16.7 Å². The molecule has 1 fully saturated rings. The summed E-state index contributed by atoms with van der Waals surface area (Å²) < 4.78 is 12.8. The number of hydrogen-bond acceptors (Lipinski definition) is 6. The summed E-state index contributed by atoms with van der Waals surface area (Å²) in [6.07, 6.45) is -3.74. The molecule has 1 aliphatic heterocycles. The van der Waals surface area contributed by atoms with E-state index in [1.165, 1.54) is 11.8 Å². The number of carbonyl (C=O) groups excluding carboxylic acids is 3. The molecule has 6 aromatic carbocycles. The first-order chi connectivity index (χ1) is 27.3. The number of β-lactam (4-membered cyclic amide) rings is 1. The molecule has 3 atom stereocenters. The highest BCUT2D eigenvalue weighted by molar-refractivity contribution is 7.96. The molecule has 56 heavy (non-hydrogen) atoms. The number of ether oxygens (including phenoxy) is 2. The van der Waals surface area contributed by atoms with Gasteiger partial charge in [-0.25, -0.2) is 9.59 Å². The first-order valence-corrected chi connectivity index (χ1v) is 19.9. The second-order valence-electron chi connectivity index (χ2n) is 13.1. The Bertz CT molecular complexity index is 2220. The van der Waals surface area contributed by atoms with Gasteiger partial charge in [0.1, 0.15) is 5.42 Å². The van der Waals surface area contributed by atoms with Crippen molar-refractivity contribution in [3.63, 3.8) is 0 Å². The lowest BCUT2D eigenvalue weighted by atomic mass is 10.0. The van der Waals surface area contributed by atoms with Crippen LogP contribution in [0.1, 0.15) is 34.5 Å². The quantitative estimate of drug-likeness (QED) is 0.0854. The lowest BCUT2D eigenvalue weighted by Crippen LogP contribution is -2.75. The zero-order valence-electron chi connectivity index (χ0n) is 30.4. The third-order valence-corrected chi connectivity index (χ3v) is 13.9. The largest absolute Gasteiger partial charge is 0.479 e. The lowest BCUT2D eigenvalue weighted by molar-refractivity contribution is -0.187. The van der Waals surface area contributed by atoms with Gasteiger partial charge in [-0.15, -0.1) is 0 Å². The average Bonchev–Trinajstić information content (AvgIpc) is 3.26. The van der Waals surface area contributed by atoms with E-state index in [2.05, 4.69) is 5.32 Å². The van der Waals surface area contributed by atoms with E-state index in [1.54, 1.807) is 30.3 Å². The fourth-order valence-corrected chi connectivity index (χ4v) is 11.3. The molecule has 10 heteroatoms. The smallest absolute Gasteiger partial charge is 0.357 e. The third kappa shape index (κ3) is 7.43. The van der Waals surface area contributed by atoms with Crippen molar-refractivity contribution in [3.8, 4) is 0 Å². The zero-order valence-corrected chi connectivity index (χ0v) is 31.3. The van der Waals surface area contributed by atoms with Crippen LogP contribution in [-0.2, 0) is 23.9 Å². The van der Waals surface area contributed by atoms with Crippen LogP contribution in [0.3, 0.4) is 0 Å². The summed E-state index contributed by atoms with van der Waals surface area (Å²) >= 11 is 0. The molecule has 0 spiro atoms. The van der Waals surface area contributed by atoms with Crippen molar-refractivity contribution in [1.82, 2.24) is 10.2 Å². The Balaban J connectivity index is 1.52. The fourth-order valence-electron chi connectivity index (χ4n) is 6.95. The van der Waals surface area contributed by atoms with Gasteiger partial charge in [-0.2, -0.15) is 0 Å². The van der Waals surface area contributed by atoms with Crippen LogP contribution in [0, 0.1) is 0 Å². The van der Waals surface area contributed by atoms with Crippen molar-refractivity contribution in [1.29, 1.82) is 0 Å². The van der Waals surface area contributed by atoms with Crippen LogP contribution in [0.25, 0.3) is 0 Å². The van der Waals surface area contributed by atoms with E-state index in [-0.39, 0.29) is 5.42 Å². The molecule has 280 valence electrons. The monoisotopic (exact) mass is 762 g/mol. The minimum Gasteiger partial charge on any atom is -0.479 e. The maximum absolute atomic E-state index is 15.7. The van der Waals surface area contributed by atoms with E-state index in [9.17, 15) is 19.5 Å². The van der Waals surface area contributed by atoms with Gasteiger partial charge in [-0.3, -0.25) is 14.5 Å². The van der Waals surface area contributed by atoms with E-state index in [4.69, 9.17) is 9.47 Å². The number of benzene rings is 6. The van der Waals surface area contributed by atoms with Crippen molar-refractivity contribution in [2.24, 2.45) is 0 Å². The summed E-state index contributed by atoms with van der Waals surface area (Å²) in [6, 6.07) is 54.0. The second-order valence-corrected chi connectivity index (χ2v) is 16.5. The molecule has 0 saturated carbocycles. The first-order valence-electron chi connectivity index (χ1n) is 18.1. The van der Waals surface area contributed by atoms with Crippen molar-refractivity contribution in [2.45, 2.75) is 31.4 Å². The van der Waals surface area contributed by atoms with Crippen molar-refractivity contribution in [2.75, 3.05) is 0 Å². The van der Waals surface area contributed by atoms with Gasteiger partial charge in [0.05, 0.1) is 0 Å². The van der Waals surface area contributed by atoms with Crippen LogP contribution < -0.4 is 21.2 Å². The molecule has 1 heterocycles. The molecule has 0 aliphatic carbocycles. The Morgan fingerprint density at radius 2 is 1.02 bits per heavy atom. The number of hydrogen-bond donors (Lipinski definition) is 2. The summed E-state index contributed by atoms with van der Waals surface area (Å²) in [5.74, 6) is -3.32. The predicted octanol–water partition coefficient (Wildman–Crippen LogP) is 5.90. The summed E-state index contributed by atoms with van der Waals surface area (Å²) in [5.41, 5.74) is 1.66. The summed E-state index contributed by atoms with van der Waals surface area (Å²) in [7, 11) is 0. The number of nitrogens with one attached hydrogen (secondary N) is 1. The van der Waals surface area contributed by atoms with E-state index in [1.807, 2.05) is 152 Å². The Kier molecular flexibility index (Phi) is 11.4. The number of amides is 2. The molecule has 2 N–H and O–H groups in total. The van der Waals surface area contributed by atoms with E-state index in [0.717, 1.165) is 15.9 Å². The maximum atomic E-state index is 15.7. The van der Waals surface area contributed by atoms with Crippen molar-refractivity contribution >= 4 is 52.0 Å². The molecule has 1 aliphatic rings. The van der Waals surface area contributed by atoms with Crippen LogP contribution in [0.5, 0.6) is 0 Å². The van der Waals surface area contributed by atoms with E-state index >= 15 is 4.79 Å². The number of carboxylic acids is 1. The van der Waals surface area contributed by atoms with Crippen LogP contribution in [0.15, 0.2) is 182 Å². The zero-order chi connectivity index (χ0) is 39.1. The topological polar surface area (TPSA) is 122 Å². The molecule has 0 aromatic heterocycles. The standard InChI is InChI=1S/C46H39N2O7P/c1-32(45(51)52)54-43-39(47-41(49)35-24-12-4-13-25-35)42(50)48(43)44(46(53)55-40(33-20-8-2-9-21-33)34-22-10-3-11-23-34)56(36-26-14-5-15-27-36,37-28-16-6-17-29-37)38-30-18-7-19-31-38/h2-32,39-40,43H,1H3,(H,47,49)(H,51,52)/t32-,39-,43+/m0/s1. The van der Waals surface area contributed by atoms with Crippen LogP contribution in [0.2, 0.25) is 0 Å². The highest BCUT2D eigenvalue weighted by Crippen LogP contribution is 2.49. The van der Waals surface area contributed by atoms with Gasteiger partial charge in [0.25, 0.3) is 11.8 Å². The molecule has 6 aromatic rings. The predicted molar refractivity (Wildman–Crippen MR) is 217 cm³/mol. The van der Waals surface area contributed by atoms with Crippen LogP contribution in [-0.4, -0.2) is 57.6 Å². The number of carbonyl (C=O) groups is 4. The van der Waals surface area contributed by atoms with Gasteiger partial charge >= 0.3 is 11.9 Å². The summed E-state index contributed by atoms with van der Waals surface area (Å²) in [6.45, 7) is -2.09. The minimum absolute atomic E-state index is 0.0317. The van der Waals surface area contributed by atoms with Gasteiger partial charge < -0.3 is 19.9 Å². The van der Waals surface area contributed by atoms with Crippen molar-refractivity contribution in [3.05, 3.63) is 199 Å². The summed E-state index contributed by atoms with van der Waals surface area (Å²) in [5, 5.41) is 15.0. The van der Waals surface area contributed by atoms with Gasteiger partial charge in [0.2, 0.25) is 0 Å². The molecule has 0 radical (unpaired) electrons. The number of carboxylic acid groups (broad SMARTS) is 1. The van der Waals surface area contributed by atoms with Gasteiger partial charge in [-0.1, -0.05) is 170 Å².